The highest BCUT2D eigenvalue weighted by Gasteiger charge is 2.20. The minimum Gasteiger partial charge on any atom is -0.494 e. The number of ether oxygens (including phenoxy) is 1. The molecule has 1 fully saturated rings. The second-order valence-electron chi connectivity index (χ2n) is 5.49. The average molecular weight is 294 g/mol. The van der Waals surface area contributed by atoms with Gasteiger partial charge in [0.1, 0.15) is 11.6 Å². The molecule has 0 bridgehead atoms. The number of carbonyl (C=O) groups is 1. The van der Waals surface area contributed by atoms with E-state index in [1.54, 1.807) is 12.1 Å². The van der Waals surface area contributed by atoms with Crippen molar-refractivity contribution < 1.29 is 13.9 Å². The summed E-state index contributed by atoms with van der Waals surface area (Å²) in [5.74, 6) is 0.418. The molecule has 0 aliphatic carbocycles. The van der Waals surface area contributed by atoms with Gasteiger partial charge in [0.15, 0.2) is 0 Å². The van der Waals surface area contributed by atoms with Crippen LogP contribution in [0.4, 0.5) is 4.39 Å². The number of nitrogens with zero attached hydrogens (tertiary/aromatic N) is 1. The van der Waals surface area contributed by atoms with Crippen molar-refractivity contribution in [2.75, 3.05) is 26.7 Å². The van der Waals surface area contributed by atoms with E-state index in [2.05, 4.69) is 17.3 Å². The number of likely N-dealkylation sites (N-methyl/N-ethyl adjacent to an activating group) is 1. The van der Waals surface area contributed by atoms with Crippen LogP contribution in [0.1, 0.15) is 25.7 Å². The molecule has 2 rings (SSSR count). The van der Waals surface area contributed by atoms with Crippen LogP contribution < -0.4 is 10.1 Å². The molecule has 1 aromatic rings. The maximum atomic E-state index is 12.7. The number of rotatable bonds is 7. The second-order valence-corrected chi connectivity index (χ2v) is 5.49. The maximum Gasteiger partial charge on any atom is 0.220 e. The number of carbonyl (C=O) groups excluding carboxylic acids is 1. The van der Waals surface area contributed by atoms with Crippen LogP contribution in [-0.4, -0.2) is 43.6 Å². The SMILES string of the molecule is CN1CCC[C@H]1CNC(=O)CCCOc1ccc(F)cc1. The van der Waals surface area contributed by atoms with E-state index in [0.717, 1.165) is 19.5 Å². The van der Waals surface area contributed by atoms with Gasteiger partial charge in [-0.15, -0.1) is 0 Å². The lowest BCUT2D eigenvalue weighted by Gasteiger charge is -2.19. The van der Waals surface area contributed by atoms with Gasteiger partial charge >= 0.3 is 0 Å². The minimum atomic E-state index is -0.279. The summed E-state index contributed by atoms with van der Waals surface area (Å²) in [4.78, 5) is 14.0. The van der Waals surface area contributed by atoms with Crippen molar-refractivity contribution in [1.82, 2.24) is 10.2 Å². The van der Waals surface area contributed by atoms with Crippen molar-refractivity contribution >= 4 is 5.91 Å². The highest BCUT2D eigenvalue weighted by molar-refractivity contribution is 5.75. The van der Waals surface area contributed by atoms with E-state index >= 15 is 0 Å². The fourth-order valence-corrected chi connectivity index (χ4v) is 2.51. The Morgan fingerprint density at radius 2 is 2.19 bits per heavy atom. The molecule has 5 heteroatoms. The molecule has 116 valence electrons. The molecule has 21 heavy (non-hydrogen) atoms. The third kappa shape index (κ3) is 5.34. The molecule has 0 radical (unpaired) electrons. The van der Waals surface area contributed by atoms with Gasteiger partial charge in [0.05, 0.1) is 6.61 Å². The van der Waals surface area contributed by atoms with Crippen molar-refractivity contribution in [3.63, 3.8) is 0 Å². The van der Waals surface area contributed by atoms with Crippen LogP contribution in [0.2, 0.25) is 0 Å². The molecular weight excluding hydrogens is 271 g/mol. The molecule has 1 saturated heterocycles. The summed E-state index contributed by atoms with van der Waals surface area (Å²) >= 11 is 0. The van der Waals surface area contributed by atoms with Crippen LogP contribution in [0.25, 0.3) is 0 Å². The van der Waals surface area contributed by atoms with Gasteiger partial charge in [0.25, 0.3) is 0 Å². The molecule has 1 aliphatic heterocycles. The largest absolute Gasteiger partial charge is 0.494 e. The molecule has 1 atom stereocenters. The molecule has 0 unspecified atom stereocenters. The van der Waals surface area contributed by atoms with Crippen molar-refractivity contribution in [1.29, 1.82) is 0 Å². The number of hydrogen-bond acceptors (Lipinski definition) is 3. The third-order valence-electron chi connectivity index (χ3n) is 3.84. The van der Waals surface area contributed by atoms with Crippen molar-refractivity contribution in [3.05, 3.63) is 30.1 Å². The number of nitrogens with one attached hydrogen (secondary N) is 1. The van der Waals surface area contributed by atoms with Crippen molar-refractivity contribution in [2.24, 2.45) is 0 Å². The molecule has 1 N–H and O–H groups in total. The smallest absolute Gasteiger partial charge is 0.220 e. The Hall–Kier alpha value is -1.62. The first-order chi connectivity index (χ1) is 10.1. The van der Waals surface area contributed by atoms with Gasteiger partial charge in [-0.05, 0) is 57.1 Å². The highest BCUT2D eigenvalue weighted by Crippen LogP contribution is 2.14. The molecule has 0 spiro atoms. The van der Waals surface area contributed by atoms with E-state index in [1.165, 1.54) is 18.6 Å². The number of halogens is 1. The number of benzene rings is 1. The minimum absolute atomic E-state index is 0.0676. The molecule has 1 aromatic carbocycles. The Kier molecular flexibility index (Phi) is 5.99. The molecule has 1 aliphatic rings. The zero-order valence-electron chi connectivity index (χ0n) is 12.5. The van der Waals surface area contributed by atoms with Crippen LogP contribution in [0, 0.1) is 5.82 Å². The van der Waals surface area contributed by atoms with Gasteiger partial charge in [-0.1, -0.05) is 0 Å². The maximum absolute atomic E-state index is 12.7. The Balaban J connectivity index is 1.55. The summed E-state index contributed by atoms with van der Waals surface area (Å²) in [7, 11) is 2.10. The Labute approximate surface area is 125 Å². The predicted molar refractivity (Wildman–Crippen MR) is 79.8 cm³/mol. The molecule has 0 aromatic heterocycles. The molecule has 0 saturated carbocycles. The van der Waals surface area contributed by atoms with Gasteiger partial charge < -0.3 is 15.0 Å². The standard InChI is InChI=1S/C16H23FN2O2/c1-19-10-2-4-14(19)12-18-16(20)5-3-11-21-15-8-6-13(17)7-9-15/h6-9,14H,2-5,10-12H2,1H3,(H,18,20)/t14-/m0/s1. The Bertz CT molecular complexity index is 450. The van der Waals surface area contributed by atoms with E-state index < -0.39 is 0 Å². The summed E-state index contributed by atoms with van der Waals surface area (Å²) in [6.45, 7) is 2.31. The predicted octanol–water partition coefficient (Wildman–Crippen LogP) is 2.20. The summed E-state index contributed by atoms with van der Waals surface area (Å²) in [6.07, 6.45) is 3.48. The van der Waals surface area contributed by atoms with Crippen LogP contribution in [0.5, 0.6) is 5.75 Å². The lowest BCUT2D eigenvalue weighted by molar-refractivity contribution is -0.121. The summed E-state index contributed by atoms with van der Waals surface area (Å²) in [5, 5.41) is 2.98. The second kappa shape index (κ2) is 7.98. The normalized spacial score (nSPS) is 18.7. The molecule has 1 heterocycles. The van der Waals surface area contributed by atoms with Crippen molar-refractivity contribution in [2.45, 2.75) is 31.7 Å². The lowest BCUT2D eigenvalue weighted by Crippen LogP contribution is -2.38. The first kappa shape index (κ1) is 15.8. The van der Waals surface area contributed by atoms with E-state index in [-0.39, 0.29) is 11.7 Å². The van der Waals surface area contributed by atoms with E-state index in [9.17, 15) is 9.18 Å². The van der Waals surface area contributed by atoms with Gasteiger partial charge in [-0.2, -0.15) is 0 Å². The van der Waals surface area contributed by atoms with Gasteiger partial charge in [-0.25, -0.2) is 4.39 Å². The van der Waals surface area contributed by atoms with Crippen LogP contribution in [0.3, 0.4) is 0 Å². The number of hydrogen-bond donors (Lipinski definition) is 1. The summed E-state index contributed by atoms with van der Waals surface area (Å²) < 4.78 is 18.2. The first-order valence-corrected chi connectivity index (χ1v) is 7.50. The Morgan fingerprint density at radius 3 is 2.86 bits per heavy atom. The summed E-state index contributed by atoms with van der Waals surface area (Å²) in [6, 6.07) is 6.38. The van der Waals surface area contributed by atoms with E-state index in [1.807, 2.05) is 0 Å². The van der Waals surface area contributed by atoms with Crippen LogP contribution in [-0.2, 0) is 4.79 Å². The number of amides is 1. The molecular formula is C16H23FN2O2. The van der Waals surface area contributed by atoms with Gasteiger partial charge in [-0.3, -0.25) is 4.79 Å². The fourth-order valence-electron chi connectivity index (χ4n) is 2.51. The van der Waals surface area contributed by atoms with E-state index in [0.29, 0.717) is 31.2 Å². The van der Waals surface area contributed by atoms with Crippen molar-refractivity contribution in [3.8, 4) is 5.75 Å². The van der Waals surface area contributed by atoms with Crippen LogP contribution >= 0.6 is 0 Å². The monoisotopic (exact) mass is 294 g/mol. The summed E-state index contributed by atoms with van der Waals surface area (Å²) in [5.41, 5.74) is 0. The molecule has 1 amide bonds. The fraction of sp³-hybridized carbons (Fsp3) is 0.562. The zero-order chi connectivity index (χ0) is 15.1. The third-order valence-corrected chi connectivity index (χ3v) is 3.84. The van der Waals surface area contributed by atoms with E-state index in [4.69, 9.17) is 4.74 Å². The topological polar surface area (TPSA) is 41.6 Å². The van der Waals surface area contributed by atoms with Gasteiger partial charge in [0, 0.05) is 19.0 Å². The van der Waals surface area contributed by atoms with Crippen LogP contribution in [0.15, 0.2) is 24.3 Å². The Morgan fingerprint density at radius 1 is 1.43 bits per heavy atom. The lowest BCUT2D eigenvalue weighted by atomic mass is 10.2. The highest BCUT2D eigenvalue weighted by atomic mass is 19.1. The zero-order valence-corrected chi connectivity index (χ0v) is 12.5. The quantitative estimate of drug-likeness (QED) is 0.784. The average Bonchev–Trinajstić information content (AvgIpc) is 2.89. The first-order valence-electron chi connectivity index (χ1n) is 7.50. The molecule has 4 nitrogen and oxygen atoms in total. The van der Waals surface area contributed by atoms with Gasteiger partial charge in [0.2, 0.25) is 5.91 Å². The number of likely N-dealkylation sites (tertiary alicyclic amines) is 1.